The predicted octanol–water partition coefficient (Wildman–Crippen LogP) is 3.29. The average Bonchev–Trinajstić information content (AvgIpc) is 2.78. The molecule has 0 bridgehead atoms. The number of aryl methyl sites for hydroxylation is 1. The first-order valence-electron chi connectivity index (χ1n) is 5.44. The van der Waals surface area contributed by atoms with Gasteiger partial charge < -0.3 is 5.11 Å². The number of thiophene rings is 1. The van der Waals surface area contributed by atoms with E-state index in [-0.39, 0.29) is 11.3 Å². The van der Waals surface area contributed by atoms with Crippen LogP contribution in [0.2, 0.25) is 0 Å². The molecule has 0 radical (unpaired) electrons. The fourth-order valence-corrected chi connectivity index (χ4v) is 2.56. The van der Waals surface area contributed by atoms with Gasteiger partial charge in [0.1, 0.15) is 5.75 Å². The van der Waals surface area contributed by atoms with Gasteiger partial charge in [0.05, 0.1) is 11.8 Å². The van der Waals surface area contributed by atoms with Crippen molar-refractivity contribution in [2.45, 2.75) is 6.92 Å². The van der Waals surface area contributed by atoms with Crippen LogP contribution in [0, 0.1) is 6.92 Å². The van der Waals surface area contributed by atoms with Crippen LogP contribution < -0.4 is 5.43 Å². The zero-order valence-corrected chi connectivity index (χ0v) is 12.5. The highest BCUT2D eigenvalue weighted by atomic mass is 79.9. The van der Waals surface area contributed by atoms with Gasteiger partial charge in [-0.2, -0.15) is 5.10 Å². The molecule has 1 aromatic carbocycles. The average molecular weight is 339 g/mol. The number of hydrogen-bond donors (Lipinski definition) is 2. The quantitative estimate of drug-likeness (QED) is 0.666. The normalized spacial score (nSPS) is 10.8. The van der Waals surface area contributed by atoms with Gasteiger partial charge in [0.2, 0.25) is 0 Å². The smallest absolute Gasteiger partial charge is 0.275 e. The van der Waals surface area contributed by atoms with Crippen molar-refractivity contribution in [2.75, 3.05) is 0 Å². The van der Waals surface area contributed by atoms with E-state index in [1.54, 1.807) is 23.6 Å². The Hall–Kier alpha value is -1.66. The third-order valence-electron chi connectivity index (χ3n) is 2.45. The summed E-state index contributed by atoms with van der Waals surface area (Å²) in [6, 6.07) is 6.63. The molecule has 1 heterocycles. The zero-order valence-electron chi connectivity index (χ0n) is 10.1. The first-order chi connectivity index (χ1) is 9.08. The summed E-state index contributed by atoms with van der Waals surface area (Å²) in [6.07, 6.45) is 1.59. The molecule has 0 saturated carbocycles. The number of nitrogens with one attached hydrogen (secondary N) is 1. The predicted molar refractivity (Wildman–Crippen MR) is 79.9 cm³/mol. The van der Waals surface area contributed by atoms with Crippen molar-refractivity contribution < 1.29 is 9.90 Å². The second-order valence-corrected chi connectivity index (χ2v) is 5.69. The molecular weight excluding hydrogens is 328 g/mol. The molecule has 19 heavy (non-hydrogen) atoms. The van der Waals surface area contributed by atoms with Crippen LogP contribution in [0.5, 0.6) is 5.75 Å². The molecule has 1 aromatic heterocycles. The third kappa shape index (κ3) is 3.42. The zero-order chi connectivity index (χ0) is 13.8. The van der Waals surface area contributed by atoms with Gasteiger partial charge in [0, 0.05) is 9.35 Å². The molecule has 98 valence electrons. The summed E-state index contributed by atoms with van der Waals surface area (Å²) in [7, 11) is 0. The minimum atomic E-state index is -0.454. The van der Waals surface area contributed by atoms with Crippen LogP contribution in [0.1, 0.15) is 20.8 Å². The van der Waals surface area contributed by atoms with E-state index in [0.717, 1.165) is 10.4 Å². The van der Waals surface area contributed by atoms with Gasteiger partial charge in [-0.25, -0.2) is 5.43 Å². The Kier molecular flexibility index (Phi) is 4.34. The number of aromatic hydroxyl groups is 1. The maximum Gasteiger partial charge on any atom is 0.275 e. The van der Waals surface area contributed by atoms with E-state index in [2.05, 4.69) is 26.5 Å². The molecule has 0 atom stereocenters. The van der Waals surface area contributed by atoms with Crippen LogP contribution in [0.4, 0.5) is 0 Å². The van der Waals surface area contributed by atoms with Crippen molar-refractivity contribution in [3.8, 4) is 5.75 Å². The SMILES string of the molecule is Cc1ccsc1/C=N/NC(=O)c1cc(Br)ccc1O. The molecule has 1 amide bonds. The summed E-state index contributed by atoms with van der Waals surface area (Å²) in [5.41, 5.74) is 3.67. The lowest BCUT2D eigenvalue weighted by molar-refractivity contribution is 0.0952. The largest absolute Gasteiger partial charge is 0.507 e. The number of nitrogens with zero attached hydrogens (tertiary/aromatic N) is 1. The molecule has 0 aliphatic heterocycles. The first kappa shape index (κ1) is 13.8. The van der Waals surface area contributed by atoms with E-state index < -0.39 is 5.91 Å². The van der Waals surface area contributed by atoms with Crippen LogP contribution in [0.15, 0.2) is 39.2 Å². The van der Waals surface area contributed by atoms with E-state index in [1.165, 1.54) is 12.1 Å². The lowest BCUT2D eigenvalue weighted by Gasteiger charge is -2.03. The molecule has 2 aromatic rings. The van der Waals surface area contributed by atoms with Crippen LogP contribution in [-0.2, 0) is 0 Å². The van der Waals surface area contributed by atoms with Gasteiger partial charge in [-0.15, -0.1) is 11.3 Å². The van der Waals surface area contributed by atoms with Crippen molar-refractivity contribution in [3.05, 3.63) is 50.1 Å². The van der Waals surface area contributed by atoms with Gasteiger partial charge in [0.25, 0.3) is 5.91 Å². The van der Waals surface area contributed by atoms with Gasteiger partial charge in [-0.3, -0.25) is 4.79 Å². The summed E-state index contributed by atoms with van der Waals surface area (Å²) in [5, 5.41) is 15.4. The first-order valence-corrected chi connectivity index (χ1v) is 7.11. The Morgan fingerprint density at radius 2 is 2.26 bits per heavy atom. The summed E-state index contributed by atoms with van der Waals surface area (Å²) in [4.78, 5) is 12.8. The number of halogens is 1. The van der Waals surface area contributed by atoms with Crippen molar-refractivity contribution in [2.24, 2.45) is 5.10 Å². The Labute approximate surface area is 122 Å². The third-order valence-corrected chi connectivity index (χ3v) is 3.90. The number of amides is 1. The fraction of sp³-hybridized carbons (Fsp3) is 0.0769. The Balaban J connectivity index is 2.08. The van der Waals surface area contributed by atoms with E-state index >= 15 is 0 Å². The lowest BCUT2D eigenvalue weighted by Crippen LogP contribution is -2.17. The minimum absolute atomic E-state index is 0.0804. The number of carbonyl (C=O) groups excluding carboxylic acids is 1. The number of rotatable bonds is 3. The summed E-state index contributed by atoms with van der Waals surface area (Å²) < 4.78 is 0.716. The molecule has 0 spiro atoms. The fourth-order valence-electron chi connectivity index (χ4n) is 1.42. The molecule has 2 N–H and O–H groups in total. The Morgan fingerprint density at radius 1 is 1.47 bits per heavy atom. The number of phenolic OH excluding ortho intramolecular Hbond substituents is 1. The molecule has 0 aliphatic carbocycles. The van der Waals surface area contributed by atoms with Crippen molar-refractivity contribution >= 4 is 39.4 Å². The van der Waals surface area contributed by atoms with E-state index in [0.29, 0.717) is 4.47 Å². The van der Waals surface area contributed by atoms with Gasteiger partial charge in [-0.05, 0) is 42.1 Å². The topological polar surface area (TPSA) is 61.7 Å². The van der Waals surface area contributed by atoms with Crippen LogP contribution in [0.25, 0.3) is 0 Å². The van der Waals surface area contributed by atoms with Crippen LogP contribution in [0.3, 0.4) is 0 Å². The summed E-state index contributed by atoms with van der Waals surface area (Å²) in [5.74, 6) is -0.535. The van der Waals surface area contributed by atoms with Crippen LogP contribution >= 0.6 is 27.3 Å². The standard InChI is InChI=1S/C13H11BrN2O2S/c1-8-4-5-19-12(8)7-15-16-13(18)10-6-9(14)2-3-11(10)17/h2-7,17H,1H3,(H,16,18)/b15-7+. The maximum absolute atomic E-state index is 11.8. The highest BCUT2D eigenvalue weighted by molar-refractivity contribution is 9.10. The summed E-state index contributed by atoms with van der Waals surface area (Å²) >= 11 is 4.79. The maximum atomic E-state index is 11.8. The van der Waals surface area contributed by atoms with Gasteiger partial charge >= 0.3 is 0 Å². The lowest BCUT2D eigenvalue weighted by atomic mass is 10.2. The van der Waals surface area contributed by atoms with E-state index in [1.807, 2.05) is 18.4 Å². The monoisotopic (exact) mass is 338 g/mol. The van der Waals surface area contributed by atoms with Crippen molar-refractivity contribution in [3.63, 3.8) is 0 Å². The minimum Gasteiger partial charge on any atom is -0.507 e. The Bertz CT molecular complexity index is 637. The van der Waals surface area contributed by atoms with Crippen molar-refractivity contribution in [1.82, 2.24) is 5.43 Å². The second kappa shape index (κ2) is 5.99. The number of hydrazone groups is 1. The molecular formula is C13H11BrN2O2S. The van der Waals surface area contributed by atoms with E-state index in [4.69, 9.17) is 0 Å². The molecule has 0 fully saturated rings. The molecule has 0 saturated heterocycles. The van der Waals surface area contributed by atoms with Gasteiger partial charge in [0.15, 0.2) is 0 Å². The summed E-state index contributed by atoms with van der Waals surface area (Å²) in [6.45, 7) is 1.97. The van der Waals surface area contributed by atoms with Crippen LogP contribution in [-0.4, -0.2) is 17.2 Å². The highest BCUT2D eigenvalue weighted by Gasteiger charge is 2.10. The molecule has 0 unspecified atom stereocenters. The van der Waals surface area contributed by atoms with Crippen molar-refractivity contribution in [1.29, 1.82) is 0 Å². The van der Waals surface area contributed by atoms with Gasteiger partial charge in [-0.1, -0.05) is 15.9 Å². The second-order valence-electron chi connectivity index (χ2n) is 3.83. The molecule has 2 rings (SSSR count). The number of benzene rings is 1. The highest BCUT2D eigenvalue weighted by Crippen LogP contribution is 2.21. The molecule has 6 heteroatoms. The number of phenols is 1. The number of carbonyl (C=O) groups is 1. The Morgan fingerprint density at radius 3 is 2.95 bits per heavy atom. The molecule has 0 aliphatic rings. The van der Waals surface area contributed by atoms with E-state index in [9.17, 15) is 9.90 Å². The number of hydrogen-bond acceptors (Lipinski definition) is 4. The molecule has 4 nitrogen and oxygen atoms in total.